The molecule has 0 spiro atoms. The van der Waals surface area contributed by atoms with E-state index in [9.17, 15) is 4.79 Å². The molecule has 17 heavy (non-hydrogen) atoms. The molecule has 0 unspecified atom stereocenters. The minimum Gasteiger partial charge on any atom is -0.301 e. The van der Waals surface area contributed by atoms with Gasteiger partial charge in [0.05, 0.1) is 0 Å². The van der Waals surface area contributed by atoms with Crippen LogP contribution in [-0.2, 0) is 4.79 Å². The average molecular weight is 238 g/mol. The van der Waals surface area contributed by atoms with Crippen molar-refractivity contribution in [3.05, 3.63) is 0 Å². The van der Waals surface area contributed by atoms with Gasteiger partial charge in [0.15, 0.2) is 0 Å². The molecule has 0 aromatic carbocycles. The van der Waals surface area contributed by atoms with Crippen molar-refractivity contribution in [1.82, 2.24) is 9.80 Å². The van der Waals surface area contributed by atoms with Crippen LogP contribution in [0.4, 0.5) is 0 Å². The maximum Gasteiger partial charge on any atom is 0.129 e. The van der Waals surface area contributed by atoms with Gasteiger partial charge in [-0.1, -0.05) is 12.8 Å². The van der Waals surface area contributed by atoms with Gasteiger partial charge in [0, 0.05) is 38.6 Å². The number of piperazine rings is 1. The monoisotopic (exact) mass is 238 g/mol. The van der Waals surface area contributed by atoms with Crippen LogP contribution in [0, 0.1) is 0 Å². The molecule has 0 amide bonds. The lowest BCUT2D eigenvalue weighted by Crippen LogP contribution is -2.49. The maximum absolute atomic E-state index is 10.9. The number of carbonyl (C=O) groups excluding carboxylic acids is 1. The average Bonchev–Trinajstić information content (AvgIpc) is 2.83. The Balaban J connectivity index is 1.62. The quantitative estimate of drug-likeness (QED) is 0.731. The molecule has 2 rings (SSSR count). The van der Waals surface area contributed by atoms with Gasteiger partial charge in [-0.3, -0.25) is 4.90 Å². The fraction of sp³-hybridized carbons (Fsp3) is 0.929. The van der Waals surface area contributed by atoms with Crippen LogP contribution in [0.2, 0.25) is 0 Å². The molecule has 0 aromatic rings. The minimum absolute atomic E-state index is 0.328. The summed E-state index contributed by atoms with van der Waals surface area (Å²) in [4.78, 5) is 16.1. The summed E-state index contributed by atoms with van der Waals surface area (Å²) in [5, 5.41) is 0. The summed E-state index contributed by atoms with van der Waals surface area (Å²) in [6, 6.07) is 0.884. The molecular weight excluding hydrogens is 212 g/mol. The number of nitrogens with zero attached hydrogens (tertiary/aromatic N) is 2. The van der Waals surface area contributed by atoms with Crippen molar-refractivity contribution in [3.8, 4) is 0 Å². The Morgan fingerprint density at radius 1 is 1.12 bits per heavy atom. The van der Waals surface area contributed by atoms with E-state index in [2.05, 4.69) is 9.80 Å². The predicted molar refractivity (Wildman–Crippen MR) is 70.2 cm³/mol. The van der Waals surface area contributed by atoms with Gasteiger partial charge >= 0.3 is 0 Å². The smallest absolute Gasteiger partial charge is 0.129 e. The standard InChI is InChI=1S/C14H26N2O/c1-13(17)5-4-8-15-9-11-16(12-10-15)14-6-2-3-7-14/h14H,2-12H2,1H3. The lowest BCUT2D eigenvalue weighted by atomic mass is 10.1. The molecule has 2 aliphatic rings. The summed E-state index contributed by atoms with van der Waals surface area (Å²) >= 11 is 0. The molecule has 1 saturated heterocycles. The molecule has 0 atom stereocenters. The van der Waals surface area contributed by atoms with E-state index in [1.54, 1.807) is 6.92 Å². The first kappa shape index (κ1) is 13.0. The van der Waals surface area contributed by atoms with Gasteiger partial charge in [0.1, 0.15) is 5.78 Å². The molecule has 1 heterocycles. The van der Waals surface area contributed by atoms with Crippen molar-refractivity contribution in [1.29, 1.82) is 0 Å². The highest BCUT2D eigenvalue weighted by molar-refractivity contribution is 5.75. The molecule has 3 heteroatoms. The van der Waals surface area contributed by atoms with Gasteiger partial charge in [-0.2, -0.15) is 0 Å². The summed E-state index contributed by atoms with van der Waals surface area (Å²) in [6.07, 6.45) is 7.50. The molecule has 1 saturated carbocycles. The van der Waals surface area contributed by atoms with E-state index in [1.165, 1.54) is 51.9 Å². The van der Waals surface area contributed by atoms with E-state index < -0.39 is 0 Å². The molecule has 0 N–H and O–H groups in total. The molecule has 3 nitrogen and oxygen atoms in total. The van der Waals surface area contributed by atoms with Crippen LogP contribution in [0.3, 0.4) is 0 Å². The zero-order valence-corrected chi connectivity index (χ0v) is 11.2. The molecule has 0 bridgehead atoms. The third-order valence-electron chi connectivity index (χ3n) is 4.25. The third-order valence-corrected chi connectivity index (χ3v) is 4.25. The number of carbonyl (C=O) groups is 1. The van der Waals surface area contributed by atoms with Crippen molar-refractivity contribution in [2.24, 2.45) is 0 Å². The molecule has 0 aromatic heterocycles. The van der Waals surface area contributed by atoms with E-state index in [1.807, 2.05) is 0 Å². The van der Waals surface area contributed by atoms with Gasteiger partial charge in [-0.05, 0) is 32.7 Å². The highest BCUT2D eigenvalue weighted by Gasteiger charge is 2.25. The second kappa shape index (κ2) is 6.50. The van der Waals surface area contributed by atoms with E-state index in [4.69, 9.17) is 0 Å². The van der Waals surface area contributed by atoms with Gasteiger partial charge in [-0.15, -0.1) is 0 Å². The lowest BCUT2D eigenvalue weighted by molar-refractivity contribution is -0.117. The highest BCUT2D eigenvalue weighted by Crippen LogP contribution is 2.24. The Kier molecular flexibility index (Phi) is 4.99. The van der Waals surface area contributed by atoms with Crippen LogP contribution < -0.4 is 0 Å². The van der Waals surface area contributed by atoms with Gasteiger partial charge in [-0.25, -0.2) is 0 Å². The largest absolute Gasteiger partial charge is 0.301 e. The van der Waals surface area contributed by atoms with Gasteiger partial charge in [0.25, 0.3) is 0 Å². The Hall–Kier alpha value is -0.410. The molecular formula is C14H26N2O. The summed E-state index contributed by atoms with van der Waals surface area (Å²) in [7, 11) is 0. The number of hydrogen-bond donors (Lipinski definition) is 0. The molecule has 1 aliphatic heterocycles. The van der Waals surface area contributed by atoms with Crippen LogP contribution in [0.25, 0.3) is 0 Å². The molecule has 98 valence electrons. The fourth-order valence-electron chi connectivity index (χ4n) is 3.17. The van der Waals surface area contributed by atoms with Crippen molar-refractivity contribution in [2.75, 3.05) is 32.7 Å². The number of ketones is 1. The first-order valence-corrected chi connectivity index (χ1v) is 7.21. The summed E-state index contributed by atoms with van der Waals surface area (Å²) < 4.78 is 0. The van der Waals surface area contributed by atoms with Crippen molar-refractivity contribution < 1.29 is 4.79 Å². The summed E-state index contributed by atoms with van der Waals surface area (Å²) in [5.74, 6) is 0.328. The number of Topliss-reactive ketones (excluding diaryl/α,β-unsaturated/α-hetero) is 1. The number of hydrogen-bond acceptors (Lipinski definition) is 3. The second-order valence-corrected chi connectivity index (χ2v) is 5.62. The number of rotatable bonds is 5. The second-order valence-electron chi connectivity index (χ2n) is 5.62. The van der Waals surface area contributed by atoms with Crippen molar-refractivity contribution in [2.45, 2.75) is 51.5 Å². The Bertz CT molecular complexity index is 241. The highest BCUT2D eigenvalue weighted by atomic mass is 16.1. The summed E-state index contributed by atoms with van der Waals surface area (Å²) in [6.45, 7) is 7.69. The third kappa shape index (κ3) is 4.07. The minimum atomic E-state index is 0.328. The molecule has 1 aliphatic carbocycles. The van der Waals surface area contributed by atoms with Crippen LogP contribution in [0.5, 0.6) is 0 Å². The van der Waals surface area contributed by atoms with Gasteiger partial charge < -0.3 is 9.69 Å². The molecule has 2 fully saturated rings. The SMILES string of the molecule is CC(=O)CCCN1CCN(C2CCCC2)CC1. The van der Waals surface area contributed by atoms with E-state index in [0.717, 1.165) is 25.4 Å². The first-order valence-electron chi connectivity index (χ1n) is 7.21. The maximum atomic E-state index is 10.9. The topological polar surface area (TPSA) is 23.6 Å². The summed E-state index contributed by atoms with van der Waals surface area (Å²) in [5.41, 5.74) is 0. The Morgan fingerprint density at radius 2 is 1.76 bits per heavy atom. The molecule has 0 radical (unpaired) electrons. The van der Waals surface area contributed by atoms with Crippen LogP contribution in [0.15, 0.2) is 0 Å². The van der Waals surface area contributed by atoms with E-state index in [-0.39, 0.29) is 0 Å². The first-order chi connectivity index (χ1) is 8.25. The van der Waals surface area contributed by atoms with E-state index >= 15 is 0 Å². The van der Waals surface area contributed by atoms with E-state index in [0.29, 0.717) is 5.78 Å². The zero-order valence-electron chi connectivity index (χ0n) is 11.2. The van der Waals surface area contributed by atoms with Crippen LogP contribution >= 0.6 is 0 Å². The predicted octanol–water partition coefficient (Wildman–Crippen LogP) is 1.92. The van der Waals surface area contributed by atoms with Crippen LogP contribution in [0.1, 0.15) is 45.4 Å². The fourth-order valence-corrected chi connectivity index (χ4v) is 3.17. The Labute approximate surface area is 105 Å². The Morgan fingerprint density at radius 3 is 2.35 bits per heavy atom. The normalized spacial score (nSPS) is 24.3. The van der Waals surface area contributed by atoms with Crippen molar-refractivity contribution in [3.63, 3.8) is 0 Å². The lowest BCUT2D eigenvalue weighted by Gasteiger charge is -2.38. The van der Waals surface area contributed by atoms with Crippen molar-refractivity contribution >= 4 is 5.78 Å². The zero-order chi connectivity index (χ0) is 12.1. The van der Waals surface area contributed by atoms with Gasteiger partial charge in [0.2, 0.25) is 0 Å². The van der Waals surface area contributed by atoms with Crippen LogP contribution in [-0.4, -0.2) is 54.3 Å².